The number of ether oxygens (including phenoxy) is 5. The maximum Gasteiger partial charge on any atom is 0.508 e. The highest BCUT2D eigenvalue weighted by atomic mass is 19.1. The van der Waals surface area contributed by atoms with Crippen LogP contribution in [0.1, 0.15) is 88.8 Å². The second kappa shape index (κ2) is 10.6. The van der Waals surface area contributed by atoms with Gasteiger partial charge in [0.25, 0.3) is 5.56 Å². The van der Waals surface area contributed by atoms with Crippen LogP contribution in [-0.2, 0) is 23.7 Å². The van der Waals surface area contributed by atoms with Gasteiger partial charge in [0.05, 0.1) is 6.61 Å². The molecule has 1 aromatic heterocycles. The van der Waals surface area contributed by atoms with Gasteiger partial charge in [0, 0.05) is 31.0 Å². The Morgan fingerprint density at radius 1 is 1.13 bits per heavy atom. The van der Waals surface area contributed by atoms with Crippen molar-refractivity contribution in [1.29, 1.82) is 0 Å². The summed E-state index contributed by atoms with van der Waals surface area (Å²) in [6.45, 7) is 1.83. The molecule has 2 bridgehead atoms. The molecule has 10 nitrogen and oxygen atoms in total. The fourth-order valence-corrected chi connectivity index (χ4v) is 7.62. The molecular weight excluding hydrogens is 511 g/mol. The topological polar surface area (TPSA) is 118 Å². The number of aromatic amines is 1. The third-order valence-corrected chi connectivity index (χ3v) is 9.66. The number of hydrogen-bond acceptors (Lipinski definition) is 8. The van der Waals surface area contributed by atoms with Gasteiger partial charge >= 0.3 is 11.8 Å². The largest absolute Gasteiger partial charge is 0.508 e. The molecule has 3 heterocycles. The van der Waals surface area contributed by atoms with E-state index in [-0.39, 0.29) is 18.6 Å². The maximum absolute atomic E-state index is 14.7. The van der Waals surface area contributed by atoms with E-state index in [1.807, 2.05) is 0 Å². The normalized spacial score (nSPS) is 40.1. The van der Waals surface area contributed by atoms with Crippen LogP contribution in [0.15, 0.2) is 15.8 Å². The first kappa shape index (κ1) is 27.0. The average molecular weight is 551 g/mol. The predicted molar refractivity (Wildman–Crippen MR) is 136 cm³/mol. The van der Waals surface area contributed by atoms with Crippen molar-refractivity contribution in [3.63, 3.8) is 0 Å². The highest BCUT2D eigenvalue weighted by Gasteiger charge is 2.61. The second-order valence-electron chi connectivity index (χ2n) is 12.1. The van der Waals surface area contributed by atoms with E-state index in [0.717, 1.165) is 17.4 Å². The smallest absolute Gasteiger partial charge is 0.431 e. The monoisotopic (exact) mass is 550 g/mol. The number of aromatic nitrogens is 2. The minimum atomic E-state index is -1.45. The number of aryl methyl sites for hydroxylation is 1. The van der Waals surface area contributed by atoms with Crippen LogP contribution in [0.4, 0.5) is 9.18 Å². The first-order valence-corrected chi connectivity index (χ1v) is 14.6. The lowest BCUT2D eigenvalue weighted by molar-refractivity contribution is -0.233. The number of nitrogens with one attached hydrogen (secondary N) is 1. The Morgan fingerprint density at radius 2 is 1.90 bits per heavy atom. The summed E-state index contributed by atoms with van der Waals surface area (Å²) in [5, 5.41) is 0. The molecule has 6 rings (SSSR count). The Hall–Kier alpha value is -2.24. The van der Waals surface area contributed by atoms with E-state index in [2.05, 4.69) is 4.98 Å². The van der Waals surface area contributed by atoms with Gasteiger partial charge in [-0.25, -0.2) is 14.0 Å². The number of rotatable bonds is 4. The molecule has 7 atom stereocenters. The number of carbonyl (C=O) groups is 1. The molecule has 5 fully saturated rings. The molecule has 2 saturated heterocycles. The quantitative estimate of drug-likeness (QED) is 0.558. The minimum Gasteiger partial charge on any atom is -0.431 e. The van der Waals surface area contributed by atoms with Crippen molar-refractivity contribution in [2.75, 3.05) is 13.2 Å². The lowest BCUT2D eigenvalue weighted by Crippen LogP contribution is -2.47. The average Bonchev–Trinajstić information content (AvgIpc) is 3.57. The molecule has 1 N–H and O–H groups in total. The molecule has 3 saturated carbocycles. The maximum atomic E-state index is 14.7. The summed E-state index contributed by atoms with van der Waals surface area (Å²) in [5.74, 6) is 0.346. The Bertz CT molecular complexity index is 1170. The van der Waals surface area contributed by atoms with E-state index >= 15 is 0 Å². The van der Waals surface area contributed by atoms with Crippen LogP contribution in [0.2, 0.25) is 0 Å². The number of halogens is 1. The molecule has 3 aliphatic carbocycles. The standard InChI is InChI=1S/C28H39FN2O8/c1-17-14-31(25(33)30-24(17)32)23-12-21(29)22(38-23)15-35-26(34)37-20-8-5-11-27(13-20)36-16-28(39-27)18-6-3-2-4-7-19(28)10-9-18/h14,18-23H,2-13,15-16H2,1H3,(H,30,32,33)/t18?,19?,20?,21-,22+,23+,27-,28?/m0/s1. The molecular formula is C28H39FN2O8. The van der Waals surface area contributed by atoms with Crippen LogP contribution in [0.5, 0.6) is 0 Å². The lowest BCUT2D eigenvalue weighted by atomic mass is 9.77. The summed E-state index contributed by atoms with van der Waals surface area (Å²) < 4.78 is 45.7. The number of hydrogen-bond donors (Lipinski definition) is 1. The van der Waals surface area contributed by atoms with Crippen molar-refractivity contribution >= 4 is 6.16 Å². The summed E-state index contributed by atoms with van der Waals surface area (Å²) in [7, 11) is 0. The SMILES string of the molecule is Cc1cn([C@H]2C[C@H](F)[C@@H](COC(=O)OC3CCC[C@]4(C3)OCC3(O4)C4CCCCCC3CC4)O2)c(=O)[nH]c1=O. The molecule has 216 valence electrons. The van der Waals surface area contributed by atoms with Crippen LogP contribution in [0.25, 0.3) is 0 Å². The number of nitrogens with zero attached hydrogens (tertiary/aromatic N) is 1. The van der Waals surface area contributed by atoms with Crippen LogP contribution < -0.4 is 11.2 Å². The van der Waals surface area contributed by atoms with Gasteiger partial charge in [-0.05, 0) is 57.3 Å². The van der Waals surface area contributed by atoms with Gasteiger partial charge in [0.1, 0.15) is 36.8 Å². The van der Waals surface area contributed by atoms with Crippen LogP contribution in [0.3, 0.4) is 0 Å². The Balaban J connectivity index is 1.02. The van der Waals surface area contributed by atoms with E-state index in [0.29, 0.717) is 36.8 Å². The van der Waals surface area contributed by atoms with Gasteiger partial charge in [-0.1, -0.05) is 19.3 Å². The zero-order valence-corrected chi connectivity index (χ0v) is 22.5. The molecule has 39 heavy (non-hydrogen) atoms. The van der Waals surface area contributed by atoms with Crippen molar-refractivity contribution in [1.82, 2.24) is 9.55 Å². The number of carbonyl (C=O) groups excluding carboxylic acids is 1. The summed E-state index contributed by atoms with van der Waals surface area (Å²) in [6, 6.07) is 0. The van der Waals surface area contributed by atoms with Gasteiger partial charge in [-0.15, -0.1) is 0 Å². The minimum absolute atomic E-state index is 0.0992. The summed E-state index contributed by atoms with van der Waals surface area (Å²) >= 11 is 0. The first-order chi connectivity index (χ1) is 18.8. The van der Waals surface area contributed by atoms with Gasteiger partial charge in [0.15, 0.2) is 5.79 Å². The van der Waals surface area contributed by atoms with E-state index in [1.54, 1.807) is 6.92 Å². The number of H-pyrrole nitrogens is 1. The van der Waals surface area contributed by atoms with Gasteiger partial charge in [-0.2, -0.15) is 0 Å². The lowest BCUT2D eigenvalue weighted by Gasteiger charge is -2.41. The molecule has 5 aliphatic rings. The van der Waals surface area contributed by atoms with E-state index < -0.39 is 47.8 Å². The highest BCUT2D eigenvalue weighted by molar-refractivity contribution is 5.60. The predicted octanol–water partition coefficient (Wildman–Crippen LogP) is 4.04. The molecule has 3 unspecified atom stereocenters. The summed E-state index contributed by atoms with van der Waals surface area (Å²) in [4.78, 5) is 38.5. The van der Waals surface area contributed by atoms with Crippen molar-refractivity contribution in [2.24, 2.45) is 11.8 Å². The molecule has 2 spiro atoms. The molecule has 2 aliphatic heterocycles. The zero-order valence-electron chi connectivity index (χ0n) is 22.5. The Morgan fingerprint density at radius 3 is 2.67 bits per heavy atom. The molecule has 1 aromatic rings. The summed E-state index contributed by atoms with van der Waals surface area (Å²) in [5.41, 5.74) is -1.08. The van der Waals surface area contributed by atoms with Crippen molar-refractivity contribution in [3.8, 4) is 0 Å². The van der Waals surface area contributed by atoms with Crippen molar-refractivity contribution in [2.45, 2.75) is 120 Å². The van der Waals surface area contributed by atoms with E-state index in [4.69, 9.17) is 23.7 Å². The fraction of sp³-hybridized carbons (Fsp3) is 0.821. The fourth-order valence-electron chi connectivity index (χ4n) is 7.62. The third-order valence-electron chi connectivity index (χ3n) is 9.66. The molecule has 0 aromatic carbocycles. The molecule has 0 radical (unpaired) electrons. The van der Waals surface area contributed by atoms with Gasteiger partial charge in [-0.3, -0.25) is 14.3 Å². The van der Waals surface area contributed by atoms with E-state index in [1.165, 1.54) is 51.1 Å². The molecule has 0 amide bonds. The second-order valence-corrected chi connectivity index (χ2v) is 12.1. The van der Waals surface area contributed by atoms with Crippen LogP contribution in [0, 0.1) is 18.8 Å². The first-order valence-electron chi connectivity index (χ1n) is 14.6. The van der Waals surface area contributed by atoms with Gasteiger partial charge < -0.3 is 23.7 Å². The molecule has 11 heteroatoms. The van der Waals surface area contributed by atoms with Crippen molar-refractivity contribution in [3.05, 3.63) is 32.6 Å². The zero-order chi connectivity index (χ0) is 27.2. The Labute approximate surface area is 226 Å². The highest BCUT2D eigenvalue weighted by Crippen LogP contribution is 2.56. The van der Waals surface area contributed by atoms with Crippen molar-refractivity contribution < 1.29 is 32.9 Å². The van der Waals surface area contributed by atoms with Crippen LogP contribution in [-0.4, -0.2) is 58.7 Å². The summed E-state index contributed by atoms with van der Waals surface area (Å²) in [6.07, 6.45) is 7.89. The van der Waals surface area contributed by atoms with Crippen LogP contribution >= 0.6 is 0 Å². The van der Waals surface area contributed by atoms with Gasteiger partial charge in [0.2, 0.25) is 0 Å². The number of alkyl halides is 1. The Kier molecular flexibility index (Phi) is 7.35. The third kappa shape index (κ3) is 5.17. The van der Waals surface area contributed by atoms with E-state index in [9.17, 15) is 18.8 Å².